The molecule has 2 rings (SSSR count). The molecule has 0 unspecified atom stereocenters. The molecule has 0 N–H and O–H groups in total. The number of hydrogen-bond donors (Lipinski definition) is 0. The quantitative estimate of drug-likeness (QED) is 0.797. The molecule has 2 aromatic rings. The fourth-order valence-corrected chi connectivity index (χ4v) is 2.14. The predicted octanol–water partition coefficient (Wildman–Crippen LogP) is 3.12. The van der Waals surface area contributed by atoms with E-state index in [1.54, 1.807) is 10.9 Å². The standard InChI is InChI=1S/C14H15ClN2O/c1-9-4-5-11(13(15)6-9)7-14(18)12-8-16-17(3)10(12)2/h4-6,8H,7H2,1-3H3. The summed E-state index contributed by atoms with van der Waals surface area (Å²) < 4.78 is 1.70. The van der Waals surface area contributed by atoms with Crippen molar-refractivity contribution in [2.24, 2.45) is 7.05 Å². The van der Waals surface area contributed by atoms with Crippen LogP contribution < -0.4 is 0 Å². The molecular formula is C14H15ClN2O. The summed E-state index contributed by atoms with van der Waals surface area (Å²) in [4.78, 5) is 12.2. The van der Waals surface area contributed by atoms with Crippen molar-refractivity contribution in [3.05, 3.63) is 51.8 Å². The molecule has 0 spiro atoms. The summed E-state index contributed by atoms with van der Waals surface area (Å²) in [6, 6.07) is 5.74. The maximum Gasteiger partial charge on any atom is 0.170 e. The van der Waals surface area contributed by atoms with Gasteiger partial charge in [-0.2, -0.15) is 5.10 Å². The number of aryl methyl sites for hydroxylation is 2. The molecule has 0 bridgehead atoms. The first-order valence-corrected chi connectivity index (χ1v) is 6.13. The van der Waals surface area contributed by atoms with Crippen LogP contribution in [0, 0.1) is 13.8 Å². The van der Waals surface area contributed by atoms with Crippen LogP contribution in [-0.4, -0.2) is 15.6 Å². The first-order valence-electron chi connectivity index (χ1n) is 5.76. The largest absolute Gasteiger partial charge is 0.294 e. The summed E-state index contributed by atoms with van der Waals surface area (Å²) in [6.07, 6.45) is 1.92. The van der Waals surface area contributed by atoms with Crippen molar-refractivity contribution in [3.63, 3.8) is 0 Å². The predicted molar refractivity (Wildman–Crippen MR) is 72.2 cm³/mol. The van der Waals surface area contributed by atoms with E-state index in [1.165, 1.54) is 0 Å². The van der Waals surface area contributed by atoms with Gasteiger partial charge in [-0.25, -0.2) is 0 Å². The normalized spacial score (nSPS) is 10.7. The van der Waals surface area contributed by atoms with Gasteiger partial charge in [0, 0.05) is 24.2 Å². The lowest BCUT2D eigenvalue weighted by Crippen LogP contribution is -2.06. The van der Waals surface area contributed by atoms with Gasteiger partial charge in [0.15, 0.2) is 5.78 Å². The molecule has 3 nitrogen and oxygen atoms in total. The maximum atomic E-state index is 12.2. The van der Waals surface area contributed by atoms with Crippen molar-refractivity contribution in [2.45, 2.75) is 20.3 Å². The number of Topliss-reactive ketones (excluding diaryl/α,β-unsaturated/α-hetero) is 1. The van der Waals surface area contributed by atoms with Gasteiger partial charge in [-0.05, 0) is 31.0 Å². The molecule has 0 aliphatic heterocycles. The summed E-state index contributed by atoms with van der Waals surface area (Å²) in [7, 11) is 1.82. The Labute approximate surface area is 111 Å². The first kappa shape index (κ1) is 12.8. The van der Waals surface area contributed by atoms with E-state index < -0.39 is 0 Å². The Kier molecular flexibility index (Phi) is 3.53. The van der Waals surface area contributed by atoms with E-state index in [-0.39, 0.29) is 5.78 Å². The van der Waals surface area contributed by atoms with Crippen LogP contribution in [0.2, 0.25) is 5.02 Å². The van der Waals surface area contributed by atoms with E-state index in [0.717, 1.165) is 16.8 Å². The molecule has 0 aliphatic rings. The topological polar surface area (TPSA) is 34.9 Å². The number of carbonyl (C=O) groups excluding carboxylic acids is 1. The van der Waals surface area contributed by atoms with Gasteiger partial charge in [0.05, 0.1) is 11.8 Å². The van der Waals surface area contributed by atoms with Crippen LogP contribution in [0.3, 0.4) is 0 Å². The van der Waals surface area contributed by atoms with Crippen LogP contribution in [0.25, 0.3) is 0 Å². The third-order valence-corrected chi connectivity index (χ3v) is 3.45. The molecular weight excluding hydrogens is 248 g/mol. The van der Waals surface area contributed by atoms with Gasteiger partial charge in [-0.1, -0.05) is 23.7 Å². The Morgan fingerprint density at radius 1 is 1.39 bits per heavy atom. The van der Waals surface area contributed by atoms with Crippen LogP contribution in [-0.2, 0) is 13.5 Å². The molecule has 4 heteroatoms. The molecule has 18 heavy (non-hydrogen) atoms. The zero-order chi connectivity index (χ0) is 13.3. The molecule has 1 aromatic carbocycles. The Morgan fingerprint density at radius 3 is 2.67 bits per heavy atom. The van der Waals surface area contributed by atoms with E-state index in [1.807, 2.05) is 39.1 Å². The first-order chi connectivity index (χ1) is 8.49. The van der Waals surface area contributed by atoms with Gasteiger partial charge in [-0.3, -0.25) is 9.48 Å². The lowest BCUT2D eigenvalue weighted by atomic mass is 10.0. The highest BCUT2D eigenvalue weighted by atomic mass is 35.5. The van der Waals surface area contributed by atoms with Crippen LogP contribution in [0.4, 0.5) is 0 Å². The van der Waals surface area contributed by atoms with Gasteiger partial charge in [-0.15, -0.1) is 0 Å². The zero-order valence-electron chi connectivity index (χ0n) is 10.7. The second-order valence-corrected chi connectivity index (χ2v) is 4.87. The van der Waals surface area contributed by atoms with E-state index in [4.69, 9.17) is 11.6 Å². The monoisotopic (exact) mass is 262 g/mol. The highest BCUT2D eigenvalue weighted by Crippen LogP contribution is 2.20. The number of benzene rings is 1. The Hall–Kier alpha value is -1.61. The van der Waals surface area contributed by atoms with Gasteiger partial charge in [0.1, 0.15) is 0 Å². The van der Waals surface area contributed by atoms with Crippen LogP contribution >= 0.6 is 11.6 Å². The van der Waals surface area contributed by atoms with Crippen molar-refractivity contribution >= 4 is 17.4 Å². The van der Waals surface area contributed by atoms with Crippen molar-refractivity contribution in [1.29, 1.82) is 0 Å². The van der Waals surface area contributed by atoms with Gasteiger partial charge >= 0.3 is 0 Å². The fraction of sp³-hybridized carbons (Fsp3) is 0.286. The smallest absolute Gasteiger partial charge is 0.170 e. The van der Waals surface area contributed by atoms with E-state index in [0.29, 0.717) is 17.0 Å². The summed E-state index contributed by atoms with van der Waals surface area (Å²) in [5.74, 6) is 0.0475. The summed E-state index contributed by atoms with van der Waals surface area (Å²) in [5.41, 5.74) is 3.49. The van der Waals surface area contributed by atoms with Crippen LogP contribution in [0.5, 0.6) is 0 Å². The third kappa shape index (κ3) is 2.46. The summed E-state index contributed by atoms with van der Waals surface area (Å²) in [5, 5.41) is 4.72. The molecule has 0 atom stereocenters. The highest BCUT2D eigenvalue weighted by molar-refractivity contribution is 6.31. The van der Waals surface area contributed by atoms with Crippen LogP contribution in [0.1, 0.15) is 27.2 Å². The Morgan fingerprint density at radius 2 is 2.11 bits per heavy atom. The average molecular weight is 263 g/mol. The number of halogens is 1. The van der Waals surface area contributed by atoms with E-state index in [2.05, 4.69) is 5.10 Å². The minimum Gasteiger partial charge on any atom is -0.294 e. The third-order valence-electron chi connectivity index (χ3n) is 3.10. The molecule has 0 saturated heterocycles. The summed E-state index contributed by atoms with van der Waals surface area (Å²) in [6.45, 7) is 3.86. The second-order valence-electron chi connectivity index (χ2n) is 4.46. The van der Waals surface area contributed by atoms with Crippen LogP contribution in [0.15, 0.2) is 24.4 Å². The number of rotatable bonds is 3. The minimum atomic E-state index is 0.0475. The number of aromatic nitrogens is 2. The molecule has 0 amide bonds. The summed E-state index contributed by atoms with van der Waals surface area (Å²) >= 11 is 6.13. The molecule has 1 aromatic heterocycles. The van der Waals surface area contributed by atoms with Crippen molar-refractivity contribution < 1.29 is 4.79 Å². The molecule has 0 aliphatic carbocycles. The zero-order valence-corrected chi connectivity index (χ0v) is 11.5. The lowest BCUT2D eigenvalue weighted by Gasteiger charge is -2.04. The second kappa shape index (κ2) is 4.94. The molecule has 1 heterocycles. The van der Waals surface area contributed by atoms with Crippen molar-refractivity contribution in [3.8, 4) is 0 Å². The van der Waals surface area contributed by atoms with Crippen molar-refractivity contribution in [2.75, 3.05) is 0 Å². The maximum absolute atomic E-state index is 12.2. The Balaban J connectivity index is 2.24. The highest BCUT2D eigenvalue weighted by Gasteiger charge is 2.14. The lowest BCUT2D eigenvalue weighted by molar-refractivity contribution is 0.0992. The SMILES string of the molecule is Cc1ccc(CC(=O)c2cnn(C)c2C)c(Cl)c1. The Bertz CT molecular complexity index is 602. The molecule has 0 radical (unpaired) electrons. The van der Waals surface area contributed by atoms with Crippen molar-refractivity contribution in [1.82, 2.24) is 9.78 Å². The average Bonchev–Trinajstić information content (AvgIpc) is 2.64. The number of hydrogen-bond acceptors (Lipinski definition) is 2. The molecule has 0 saturated carbocycles. The van der Waals surface area contributed by atoms with Gasteiger partial charge < -0.3 is 0 Å². The van der Waals surface area contributed by atoms with E-state index >= 15 is 0 Å². The number of carbonyl (C=O) groups is 1. The number of ketones is 1. The van der Waals surface area contributed by atoms with Gasteiger partial charge in [0.25, 0.3) is 0 Å². The molecule has 94 valence electrons. The molecule has 0 fully saturated rings. The number of nitrogens with zero attached hydrogens (tertiary/aromatic N) is 2. The van der Waals surface area contributed by atoms with E-state index in [9.17, 15) is 4.79 Å². The van der Waals surface area contributed by atoms with Gasteiger partial charge in [0.2, 0.25) is 0 Å². The fourth-order valence-electron chi connectivity index (χ4n) is 1.84. The minimum absolute atomic E-state index is 0.0475.